The molecule has 0 heterocycles. The third-order valence-electron chi connectivity index (χ3n) is 3.82. The summed E-state index contributed by atoms with van der Waals surface area (Å²) in [4.78, 5) is 13.1. The van der Waals surface area contributed by atoms with Crippen LogP contribution in [0, 0.1) is 5.92 Å². The van der Waals surface area contributed by atoms with Gasteiger partial charge in [0, 0.05) is 11.4 Å². The Labute approximate surface area is 130 Å². The number of amides is 2. The van der Waals surface area contributed by atoms with E-state index in [1.54, 1.807) is 11.8 Å². The highest BCUT2D eigenvalue weighted by molar-refractivity contribution is 7.99. The lowest BCUT2D eigenvalue weighted by atomic mass is 9.97. The van der Waals surface area contributed by atoms with Crippen molar-refractivity contribution in [2.45, 2.75) is 36.6 Å². The molecule has 0 saturated heterocycles. The van der Waals surface area contributed by atoms with E-state index in [0.717, 1.165) is 25.0 Å². The van der Waals surface area contributed by atoms with Crippen molar-refractivity contribution in [2.75, 3.05) is 18.9 Å². The summed E-state index contributed by atoms with van der Waals surface area (Å²) in [5.74, 6) is 1.39. The maximum absolute atomic E-state index is 11.8. The zero-order valence-corrected chi connectivity index (χ0v) is 13.3. The molecule has 0 spiro atoms. The molecule has 0 bridgehead atoms. The largest absolute Gasteiger partial charge is 0.394 e. The average molecular weight is 308 g/mol. The summed E-state index contributed by atoms with van der Waals surface area (Å²) in [6.45, 7) is 2.56. The molecule has 1 saturated carbocycles. The van der Waals surface area contributed by atoms with E-state index in [1.165, 1.54) is 4.90 Å². The van der Waals surface area contributed by atoms with Gasteiger partial charge < -0.3 is 15.7 Å². The summed E-state index contributed by atoms with van der Waals surface area (Å²) < 4.78 is 0. The Morgan fingerprint density at radius 2 is 2.10 bits per heavy atom. The third-order valence-corrected chi connectivity index (χ3v) is 4.92. The molecule has 116 valence electrons. The molecule has 1 fully saturated rings. The van der Waals surface area contributed by atoms with Crippen LogP contribution < -0.4 is 10.6 Å². The minimum absolute atomic E-state index is 0.00501. The Morgan fingerprint density at radius 1 is 1.38 bits per heavy atom. The minimum atomic E-state index is -0.469. The summed E-state index contributed by atoms with van der Waals surface area (Å²) in [6.07, 6.45) is 3.10. The molecule has 2 rings (SSSR count). The smallest absolute Gasteiger partial charge is 0.315 e. The Bertz CT molecular complexity index is 451. The first kappa shape index (κ1) is 16.2. The van der Waals surface area contributed by atoms with Crippen LogP contribution in [0.5, 0.6) is 0 Å². The lowest BCUT2D eigenvalue weighted by Gasteiger charge is -2.28. The summed E-state index contributed by atoms with van der Waals surface area (Å²) in [5.41, 5.74) is -0.469. The van der Waals surface area contributed by atoms with Gasteiger partial charge in [0.05, 0.1) is 12.1 Å². The highest BCUT2D eigenvalue weighted by atomic mass is 32.2. The minimum Gasteiger partial charge on any atom is -0.394 e. The molecule has 2 amide bonds. The monoisotopic (exact) mass is 308 g/mol. The SMILES string of the molecule is CC(CO)(NC(=O)NCCCSc1ccccc1)C1CC1. The molecule has 0 radical (unpaired) electrons. The molecule has 5 heteroatoms. The van der Waals surface area contributed by atoms with E-state index in [9.17, 15) is 9.90 Å². The fourth-order valence-electron chi connectivity index (χ4n) is 2.28. The molecular formula is C16H24N2O2S. The first-order valence-corrected chi connectivity index (χ1v) is 8.47. The highest BCUT2D eigenvalue weighted by Crippen LogP contribution is 2.39. The lowest BCUT2D eigenvalue weighted by molar-refractivity contribution is 0.155. The van der Waals surface area contributed by atoms with Crippen LogP contribution in [-0.2, 0) is 0 Å². The number of carbonyl (C=O) groups excluding carboxylic acids is 1. The number of aliphatic hydroxyl groups excluding tert-OH is 1. The fraction of sp³-hybridized carbons (Fsp3) is 0.562. The van der Waals surface area contributed by atoms with Crippen LogP contribution in [0.1, 0.15) is 26.2 Å². The number of hydrogen-bond donors (Lipinski definition) is 3. The Balaban J connectivity index is 1.59. The maximum Gasteiger partial charge on any atom is 0.315 e. The van der Waals surface area contributed by atoms with Gasteiger partial charge in [-0.05, 0) is 50.0 Å². The third kappa shape index (κ3) is 5.25. The van der Waals surface area contributed by atoms with E-state index in [-0.39, 0.29) is 12.6 Å². The summed E-state index contributed by atoms with van der Waals surface area (Å²) in [6, 6.07) is 10.1. The Morgan fingerprint density at radius 3 is 2.71 bits per heavy atom. The van der Waals surface area contributed by atoms with Crippen molar-refractivity contribution in [3.63, 3.8) is 0 Å². The second-order valence-corrected chi connectivity index (χ2v) is 6.91. The van der Waals surface area contributed by atoms with Crippen molar-refractivity contribution in [1.82, 2.24) is 10.6 Å². The number of nitrogens with one attached hydrogen (secondary N) is 2. The molecule has 1 atom stereocenters. The average Bonchev–Trinajstić information content (AvgIpc) is 3.33. The number of aliphatic hydroxyl groups is 1. The van der Waals surface area contributed by atoms with Crippen LogP contribution >= 0.6 is 11.8 Å². The lowest BCUT2D eigenvalue weighted by Crippen LogP contribution is -2.54. The summed E-state index contributed by atoms with van der Waals surface area (Å²) in [7, 11) is 0. The predicted octanol–water partition coefficient (Wildman–Crippen LogP) is 2.63. The van der Waals surface area contributed by atoms with Gasteiger partial charge in [-0.25, -0.2) is 4.79 Å². The van der Waals surface area contributed by atoms with E-state index in [2.05, 4.69) is 22.8 Å². The molecule has 4 nitrogen and oxygen atoms in total. The van der Waals surface area contributed by atoms with E-state index in [4.69, 9.17) is 0 Å². The van der Waals surface area contributed by atoms with Crippen molar-refractivity contribution in [3.05, 3.63) is 30.3 Å². The standard InChI is InChI=1S/C16H24N2O2S/c1-16(12-19,13-8-9-13)18-15(20)17-10-5-11-21-14-6-3-2-4-7-14/h2-4,6-7,13,19H,5,8-12H2,1H3,(H2,17,18,20). The van der Waals surface area contributed by atoms with Gasteiger partial charge in [-0.2, -0.15) is 0 Å². The molecular weight excluding hydrogens is 284 g/mol. The molecule has 1 unspecified atom stereocenters. The zero-order chi connectivity index (χ0) is 15.1. The van der Waals surface area contributed by atoms with E-state index in [1.807, 2.05) is 25.1 Å². The number of thioether (sulfide) groups is 1. The molecule has 0 aromatic heterocycles. The van der Waals surface area contributed by atoms with Crippen LogP contribution in [0.25, 0.3) is 0 Å². The Hall–Kier alpha value is -1.20. The van der Waals surface area contributed by atoms with Gasteiger partial charge in [-0.3, -0.25) is 0 Å². The number of urea groups is 1. The van der Waals surface area contributed by atoms with Gasteiger partial charge in [0.2, 0.25) is 0 Å². The van der Waals surface area contributed by atoms with E-state index >= 15 is 0 Å². The van der Waals surface area contributed by atoms with Gasteiger partial charge in [0.15, 0.2) is 0 Å². The van der Waals surface area contributed by atoms with Crippen molar-refractivity contribution in [2.24, 2.45) is 5.92 Å². The molecule has 3 N–H and O–H groups in total. The maximum atomic E-state index is 11.8. The second kappa shape index (κ2) is 7.71. The number of benzene rings is 1. The van der Waals surface area contributed by atoms with Gasteiger partial charge in [0.1, 0.15) is 0 Å². The highest BCUT2D eigenvalue weighted by Gasteiger charge is 2.42. The topological polar surface area (TPSA) is 61.4 Å². The van der Waals surface area contributed by atoms with Crippen LogP contribution in [-0.4, -0.2) is 35.6 Å². The fourth-order valence-corrected chi connectivity index (χ4v) is 3.15. The van der Waals surface area contributed by atoms with Crippen LogP contribution in [0.3, 0.4) is 0 Å². The molecule has 1 aliphatic rings. The van der Waals surface area contributed by atoms with E-state index in [0.29, 0.717) is 12.5 Å². The number of hydrogen-bond acceptors (Lipinski definition) is 3. The Kier molecular flexibility index (Phi) is 5.94. The van der Waals surface area contributed by atoms with E-state index < -0.39 is 5.54 Å². The zero-order valence-electron chi connectivity index (χ0n) is 12.5. The van der Waals surface area contributed by atoms with Crippen molar-refractivity contribution >= 4 is 17.8 Å². The molecule has 21 heavy (non-hydrogen) atoms. The normalized spacial score (nSPS) is 17.0. The summed E-state index contributed by atoms with van der Waals surface area (Å²) in [5, 5.41) is 15.2. The first-order valence-electron chi connectivity index (χ1n) is 7.49. The van der Waals surface area contributed by atoms with Gasteiger partial charge in [-0.1, -0.05) is 18.2 Å². The van der Waals surface area contributed by atoms with Gasteiger partial charge >= 0.3 is 6.03 Å². The van der Waals surface area contributed by atoms with Crippen molar-refractivity contribution < 1.29 is 9.90 Å². The predicted molar refractivity (Wildman–Crippen MR) is 86.5 cm³/mol. The van der Waals surface area contributed by atoms with Gasteiger partial charge in [-0.15, -0.1) is 11.8 Å². The molecule has 1 aromatic rings. The number of rotatable bonds is 8. The second-order valence-electron chi connectivity index (χ2n) is 5.75. The van der Waals surface area contributed by atoms with Crippen molar-refractivity contribution in [1.29, 1.82) is 0 Å². The molecule has 1 aliphatic carbocycles. The first-order chi connectivity index (χ1) is 10.1. The van der Waals surface area contributed by atoms with Crippen LogP contribution in [0.2, 0.25) is 0 Å². The van der Waals surface area contributed by atoms with Crippen LogP contribution in [0.4, 0.5) is 4.79 Å². The molecule has 0 aliphatic heterocycles. The summed E-state index contributed by atoms with van der Waals surface area (Å²) >= 11 is 1.79. The van der Waals surface area contributed by atoms with Crippen LogP contribution in [0.15, 0.2) is 35.2 Å². The van der Waals surface area contributed by atoms with Crippen molar-refractivity contribution in [3.8, 4) is 0 Å². The number of carbonyl (C=O) groups is 1. The molecule has 1 aromatic carbocycles. The van der Waals surface area contributed by atoms with Gasteiger partial charge in [0.25, 0.3) is 0 Å². The quantitative estimate of drug-likeness (QED) is 0.511.